The van der Waals surface area contributed by atoms with Crippen LogP contribution in [-0.2, 0) is 16.0 Å². The summed E-state index contributed by atoms with van der Waals surface area (Å²) in [7, 11) is 1.75. The van der Waals surface area contributed by atoms with E-state index in [0.29, 0.717) is 6.04 Å². The number of nitrogens with zero attached hydrogens (tertiary/aromatic N) is 3. The molecule has 0 saturated carbocycles. The molecule has 12 heteroatoms. The van der Waals surface area contributed by atoms with Crippen molar-refractivity contribution in [3.8, 4) is 5.75 Å². The molecule has 4 N–H and O–H groups in total. The van der Waals surface area contributed by atoms with Gasteiger partial charge in [-0.3, -0.25) is 19.8 Å². The van der Waals surface area contributed by atoms with Crippen LogP contribution in [0, 0.1) is 17.0 Å². The van der Waals surface area contributed by atoms with E-state index in [0.717, 1.165) is 44.4 Å². The minimum absolute atomic E-state index is 0.214. The zero-order valence-electron chi connectivity index (χ0n) is 26.8. The number of aliphatic hydroxyl groups excluding tert-OH is 2. The Morgan fingerprint density at radius 3 is 2.17 bits per heavy atom. The number of nitro groups is 1. The number of carbonyl (C=O) groups is 2. The molecule has 1 aliphatic heterocycles. The van der Waals surface area contributed by atoms with E-state index in [1.54, 1.807) is 7.11 Å². The molecule has 252 valence electrons. The Morgan fingerprint density at radius 2 is 1.52 bits per heavy atom. The molecule has 0 spiro atoms. The molecule has 0 aliphatic carbocycles. The molecular formula is C36H40N4O8. The maximum atomic E-state index is 11.4. The molecule has 3 unspecified atom stereocenters. The number of para-hydroxylation sites is 4. The van der Waals surface area contributed by atoms with E-state index < -0.39 is 34.7 Å². The average molecular weight is 657 g/mol. The van der Waals surface area contributed by atoms with Crippen molar-refractivity contribution in [2.75, 3.05) is 43.5 Å². The number of aryl methyl sites for hydroxylation is 1. The van der Waals surface area contributed by atoms with Crippen molar-refractivity contribution in [3.05, 3.63) is 130 Å². The topological polar surface area (TPSA) is 166 Å². The molecule has 1 amide bonds. The van der Waals surface area contributed by atoms with Crippen LogP contribution in [0.3, 0.4) is 0 Å². The van der Waals surface area contributed by atoms with Gasteiger partial charge in [0.15, 0.2) is 12.2 Å². The molecule has 3 atom stereocenters. The van der Waals surface area contributed by atoms with Crippen molar-refractivity contribution in [1.82, 2.24) is 4.90 Å². The number of aliphatic hydroxyl groups is 2. The molecule has 4 aromatic carbocycles. The maximum Gasteiger partial charge on any atom is 0.335 e. The van der Waals surface area contributed by atoms with Crippen molar-refractivity contribution in [2.24, 2.45) is 0 Å². The van der Waals surface area contributed by atoms with E-state index in [4.69, 9.17) is 14.9 Å². The van der Waals surface area contributed by atoms with Crippen LogP contribution < -0.4 is 15.0 Å². The van der Waals surface area contributed by atoms with Gasteiger partial charge in [-0.05, 0) is 42.7 Å². The molecule has 0 radical (unpaired) electrons. The first-order valence-electron chi connectivity index (χ1n) is 15.4. The summed E-state index contributed by atoms with van der Waals surface area (Å²) < 4.78 is 5.58. The van der Waals surface area contributed by atoms with Gasteiger partial charge in [-0.2, -0.15) is 0 Å². The van der Waals surface area contributed by atoms with Gasteiger partial charge in [-0.1, -0.05) is 84.4 Å². The number of rotatable bonds is 11. The molecule has 0 aromatic heterocycles. The van der Waals surface area contributed by atoms with E-state index in [1.165, 1.54) is 40.6 Å². The number of methoxy groups -OCH3 is 1. The van der Waals surface area contributed by atoms with E-state index in [9.17, 15) is 24.8 Å². The van der Waals surface area contributed by atoms with Crippen molar-refractivity contribution < 1.29 is 34.6 Å². The third-order valence-corrected chi connectivity index (χ3v) is 8.06. The standard InChI is InChI=1S/C26H30N2O.C10H10N2O7/c1-21-9-8-10-22(19-21)20-25(23-11-4-3-5-12-23)28-17-15-27(16-18-28)24-13-6-7-14-26(24)29-2;13-7(8(14)10(16)17)9(15)11-5-3-1-2-4-6(5)12(18)19/h3-14,19,25H,15-18,20H2,1-2H3;1-4,7-8,13-14H,(H,11,15)(H,16,17). The number of carboxylic acid groups (broad SMARTS) is 1. The first-order chi connectivity index (χ1) is 23.1. The molecular weight excluding hydrogens is 616 g/mol. The van der Waals surface area contributed by atoms with Gasteiger partial charge in [-0.15, -0.1) is 0 Å². The summed E-state index contributed by atoms with van der Waals surface area (Å²) >= 11 is 0. The number of carbonyl (C=O) groups excluding carboxylic acids is 1. The van der Waals surface area contributed by atoms with Crippen LogP contribution in [0.4, 0.5) is 17.1 Å². The highest BCUT2D eigenvalue weighted by Crippen LogP contribution is 2.31. The van der Waals surface area contributed by atoms with Crippen molar-refractivity contribution >= 4 is 28.9 Å². The molecule has 1 aliphatic rings. The Balaban J connectivity index is 0.000000239. The summed E-state index contributed by atoms with van der Waals surface area (Å²) in [6.45, 7) is 6.29. The Kier molecular flexibility index (Phi) is 12.6. The number of benzene rings is 4. The van der Waals surface area contributed by atoms with Crippen LogP contribution in [0.15, 0.2) is 103 Å². The van der Waals surface area contributed by atoms with E-state index >= 15 is 0 Å². The van der Waals surface area contributed by atoms with Crippen LogP contribution in [-0.4, -0.2) is 82.5 Å². The maximum absolute atomic E-state index is 11.4. The largest absolute Gasteiger partial charge is 0.495 e. The van der Waals surface area contributed by atoms with Crippen LogP contribution in [0.25, 0.3) is 0 Å². The predicted octanol–water partition coefficient (Wildman–Crippen LogP) is 4.45. The van der Waals surface area contributed by atoms with Crippen LogP contribution in [0.1, 0.15) is 22.7 Å². The average Bonchev–Trinajstić information content (AvgIpc) is 3.10. The summed E-state index contributed by atoms with van der Waals surface area (Å²) in [5, 5.41) is 39.3. The number of nitrogens with one attached hydrogen (secondary N) is 1. The molecule has 4 aromatic rings. The van der Waals surface area contributed by atoms with Crippen molar-refractivity contribution in [2.45, 2.75) is 31.6 Å². The number of ether oxygens (including phenoxy) is 1. The van der Waals surface area contributed by atoms with Crippen LogP contribution in [0.5, 0.6) is 5.75 Å². The Labute approximate surface area is 279 Å². The Bertz CT molecular complexity index is 1680. The first-order valence-corrected chi connectivity index (χ1v) is 15.4. The molecule has 48 heavy (non-hydrogen) atoms. The summed E-state index contributed by atoms with van der Waals surface area (Å²) in [4.78, 5) is 36.8. The number of aliphatic carboxylic acids is 1. The summed E-state index contributed by atoms with van der Waals surface area (Å²) in [6.07, 6.45) is -3.51. The predicted molar refractivity (Wildman–Crippen MR) is 182 cm³/mol. The summed E-state index contributed by atoms with van der Waals surface area (Å²) in [6, 6.07) is 33.7. The summed E-state index contributed by atoms with van der Waals surface area (Å²) in [5.74, 6) is -2.09. The zero-order valence-corrected chi connectivity index (χ0v) is 26.8. The monoisotopic (exact) mass is 656 g/mol. The van der Waals surface area contributed by atoms with E-state index in [-0.39, 0.29) is 5.69 Å². The Hall–Kier alpha value is -5.30. The van der Waals surface area contributed by atoms with Crippen molar-refractivity contribution in [3.63, 3.8) is 0 Å². The van der Waals surface area contributed by atoms with Gasteiger partial charge in [0.1, 0.15) is 11.4 Å². The summed E-state index contributed by atoms with van der Waals surface area (Å²) in [5.41, 5.74) is 4.70. The minimum Gasteiger partial charge on any atom is -0.495 e. The quantitative estimate of drug-likeness (QED) is 0.134. The lowest BCUT2D eigenvalue weighted by molar-refractivity contribution is -0.383. The number of nitro benzene ring substituents is 1. The molecule has 12 nitrogen and oxygen atoms in total. The number of carboxylic acids is 1. The van der Waals surface area contributed by atoms with Crippen LogP contribution >= 0.6 is 0 Å². The molecule has 1 heterocycles. The third-order valence-electron chi connectivity index (χ3n) is 8.06. The molecule has 5 rings (SSSR count). The van der Waals surface area contributed by atoms with Crippen LogP contribution in [0.2, 0.25) is 0 Å². The lowest BCUT2D eigenvalue weighted by Gasteiger charge is -2.41. The number of hydrogen-bond acceptors (Lipinski definition) is 9. The normalized spacial score (nSPS) is 14.9. The second-order valence-electron chi connectivity index (χ2n) is 11.3. The number of hydrogen-bond donors (Lipinski definition) is 4. The fourth-order valence-corrected chi connectivity index (χ4v) is 5.58. The third kappa shape index (κ3) is 9.38. The zero-order chi connectivity index (χ0) is 34.6. The number of anilines is 2. The number of amides is 1. The van der Waals surface area contributed by atoms with E-state index in [2.05, 4.69) is 83.5 Å². The van der Waals surface area contributed by atoms with Gasteiger partial charge < -0.3 is 30.3 Å². The molecule has 1 fully saturated rings. The highest BCUT2D eigenvalue weighted by Gasteiger charge is 2.31. The fraction of sp³-hybridized carbons (Fsp3) is 0.278. The highest BCUT2D eigenvalue weighted by molar-refractivity contribution is 5.98. The van der Waals surface area contributed by atoms with Gasteiger partial charge in [0, 0.05) is 38.3 Å². The second kappa shape index (κ2) is 17.0. The first kappa shape index (κ1) is 35.6. The lowest BCUT2D eigenvalue weighted by Crippen LogP contribution is -2.48. The SMILES string of the molecule is COc1ccccc1N1CCN(C(Cc2cccc(C)c2)c2ccccc2)CC1.O=C(O)C(O)C(O)C(=O)Nc1ccccc1[N+](=O)[O-]. The Morgan fingerprint density at radius 1 is 0.875 bits per heavy atom. The van der Waals surface area contributed by atoms with Gasteiger partial charge in [-0.25, -0.2) is 4.79 Å². The molecule has 1 saturated heterocycles. The van der Waals surface area contributed by atoms with Gasteiger partial charge in [0.05, 0.1) is 17.7 Å². The van der Waals surface area contributed by atoms with Gasteiger partial charge >= 0.3 is 5.97 Å². The van der Waals surface area contributed by atoms with E-state index in [1.807, 2.05) is 17.4 Å². The van der Waals surface area contributed by atoms with Gasteiger partial charge in [0.2, 0.25) is 0 Å². The van der Waals surface area contributed by atoms with Gasteiger partial charge in [0.25, 0.3) is 11.6 Å². The lowest BCUT2D eigenvalue weighted by atomic mass is 9.96. The smallest absolute Gasteiger partial charge is 0.335 e. The fourth-order valence-electron chi connectivity index (χ4n) is 5.58. The molecule has 0 bridgehead atoms. The second-order valence-corrected chi connectivity index (χ2v) is 11.3. The minimum atomic E-state index is -2.32. The highest BCUT2D eigenvalue weighted by atomic mass is 16.6. The number of piperazine rings is 1. The van der Waals surface area contributed by atoms with Crippen molar-refractivity contribution in [1.29, 1.82) is 0 Å².